The summed E-state index contributed by atoms with van der Waals surface area (Å²) in [5.74, 6) is -0.241. The SMILES string of the molecule is O=S(=O)(c1ccc(OC(F)(F)F)cc1)N1CCN(c2cc(-c3ccc(F)cc3)ncn2)CC1. The van der Waals surface area contributed by atoms with Crippen molar-refractivity contribution < 1.29 is 30.7 Å². The van der Waals surface area contributed by atoms with Gasteiger partial charge in [0, 0.05) is 37.8 Å². The number of piperazine rings is 1. The lowest BCUT2D eigenvalue weighted by molar-refractivity contribution is -0.274. The van der Waals surface area contributed by atoms with Gasteiger partial charge in [-0.05, 0) is 48.5 Å². The summed E-state index contributed by atoms with van der Waals surface area (Å²) >= 11 is 0. The number of benzene rings is 2. The topological polar surface area (TPSA) is 75.6 Å². The average molecular weight is 482 g/mol. The number of hydrogen-bond acceptors (Lipinski definition) is 6. The second-order valence-electron chi connectivity index (χ2n) is 7.18. The van der Waals surface area contributed by atoms with Gasteiger partial charge in [-0.3, -0.25) is 0 Å². The molecule has 2 aromatic carbocycles. The highest BCUT2D eigenvalue weighted by Crippen LogP contribution is 2.27. The summed E-state index contributed by atoms with van der Waals surface area (Å²) in [5, 5.41) is 0. The largest absolute Gasteiger partial charge is 0.573 e. The van der Waals surface area contributed by atoms with Gasteiger partial charge in [0.25, 0.3) is 0 Å². The maximum Gasteiger partial charge on any atom is 0.573 e. The molecule has 7 nitrogen and oxygen atoms in total. The molecule has 0 radical (unpaired) electrons. The highest BCUT2D eigenvalue weighted by Gasteiger charge is 2.32. The third kappa shape index (κ3) is 5.40. The fourth-order valence-corrected chi connectivity index (χ4v) is 4.84. The van der Waals surface area contributed by atoms with E-state index < -0.39 is 22.1 Å². The van der Waals surface area contributed by atoms with Crippen molar-refractivity contribution in [2.24, 2.45) is 0 Å². The number of anilines is 1. The summed E-state index contributed by atoms with van der Waals surface area (Å²) in [6.07, 6.45) is -3.46. The first-order valence-electron chi connectivity index (χ1n) is 9.81. The van der Waals surface area contributed by atoms with Crippen molar-refractivity contribution >= 4 is 15.8 Å². The molecule has 3 aromatic rings. The number of aromatic nitrogens is 2. The molecule has 174 valence electrons. The van der Waals surface area contributed by atoms with E-state index in [0.717, 1.165) is 29.8 Å². The molecule has 1 aromatic heterocycles. The number of alkyl halides is 3. The standard InChI is InChI=1S/C21H18F4N4O3S/c22-16-3-1-15(2-4-16)19-13-20(27-14-26-19)28-9-11-29(12-10-28)33(30,31)18-7-5-17(6-8-18)32-21(23,24)25/h1-8,13-14H,9-12H2. The van der Waals surface area contributed by atoms with Crippen LogP contribution in [-0.2, 0) is 10.0 Å². The van der Waals surface area contributed by atoms with Crippen LogP contribution < -0.4 is 9.64 Å². The van der Waals surface area contributed by atoms with E-state index in [9.17, 15) is 26.0 Å². The molecule has 33 heavy (non-hydrogen) atoms. The van der Waals surface area contributed by atoms with E-state index in [4.69, 9.17) is 0 Å². The van der Waals surface area contributed by atoms with Crippen molar-refractivity contribution in [1.82, 2.24) is 14.3 Å². The van der Waals surface area contributed by atoms with Gasteiger partial charge in [0.05, 0.1) is 10.6 Å². The maximum absolute atomic E-state index is 13.2. The predicted molar refractivity (Wildman–Crippen MR) is 112 cm³/mol. The van der Waals surface area contributed by atoms with E-state index in [-0.39, 0.29) is 23.8 Å². The fourth-order valence-electron chi connectivity index (χ4n) is 3.42. The number of rotatable bonds is 5. The van der Waals surface area contributed by atoms with Gasteiger partial charge in [-0.15, -0.1) is 13.2 Å². The Labute approximate surface area is 187 Å². The molecule has 0 spiro atoms. The lowest BCUT2D eigenvalue weighted by atomic mass is 10.1. The Kier molecular flexibility index (Phi) is 6.21. The Hall–Kier alpha value is -3.25. The van der Waals surface area contributed by atoms with Crippen molar-refractivity contribution in [1.29, 1.82) is 0 Å². The molecular formula is C21H18F4N4O3S. The first-order chi connectivity index (χ1) is 15.6. The fraction of sp³-hybridized carbons (Fsp3) is 0.238. The number of sulfonamides is 1. The Morgan fingerprint density at radius 1 is 0.879 bits per heavy atom. The lowest BCUT2D eigenvalue weighted by Gasteiger charge is -2.34. The van der Waals surface area contributed by atoms with Crippen LogP contribution >= 0.6 is 0 Å². The highest BCUT2D eigenvalue weighted by atomic mass is 32.2. The second-order valence-corrected chi connectivity index (χ2v) is 9.12. The van der Waals surface area contributed by atoms with Gasteiger partial charge in [0.2, 0.25) is 10.0 Å². The summed E-state index contributed by atoms with van der Waals surface area (Å²) < 4.78 is 80.9. The van der Waals surface area contributed by atoms with Gasteiger partial charge >= 0.3 is 6.36 Å². The van der Waals surface area contributed by atoms with Crippen LogP contribution in [0.15, 0.2) is 65.8 Å². The molecule has 0 N–H and O–H groups in total. The maximum atomic E-state index is 13.2. The molecule has 0 aliphatic carbocycles. The van der Waals surface area contributed by atoms with Crippen LogP contribution in [0.3, 0.4) is 0 Å². The number of hydrogen-bond donors (Lipinski definition) is 0. The molecule has 4 rings (SSSR count). The number of nitrogens with zero attached hydrogens (tertiary/aromatic N) is 4. The van der Waals surface area contributed by atoms with E-state index in [1.807, 2.05) is 4.90 Å². The first-order valence-corrected chi connectivity index (χ1v) is 11.2. The molecule has 1 fully saturated rings. The minimum atomic E-state index is -4.85. The molecule has 1 saturated heterocycles. The van der Waals surface area contributed by atoms with Gasteiger partial charge in [0.1, 0.15) is 23.7 Å². The van der Waals surface area contributed by atoms with E-state index in [2.05, 4.69) is 14.7 Å². The van der Waals surface area contributed by atoms with Crippen LogP contribution in [0.5, 0.6) is 5.75 Å². The third-order valence-corrected chi connectivity index (χ3v) is 6.96. The Morgan fingerprint density at radius 2 is 1.52 bits per heavy atom. The quantitative estimate of drug-likeness (QED) is 0.517. The first kappa shape index (κ1) is 22.9. The molecule has 0 bridgehead atoms. The van der Waals surface area contributed by atoms with E-state index in [1.54, 1.807) is 18.2 Å². The molecule has 12 heteroatoms. The Balaban J connectivity index is 1.43. The lowest BCUT2D eigenvalue weighted by Crippen LogP contribution is -2.48. The summed E-state index contributed by atoms with van der Waals surface area (Å²) in [6, 6.07) is 11.7. The third-order valence-electron chi connectivity index (χ3n) is 5.05. The molecular weight excluding hydrogens is 464 g/mol. The van der Waals surface area contributed by atoms with E-state index in [0.29, 0.717) is 24.6 Å². The summed E-state index contributed by atoms with van der Waals surface area (Å²) in [7, 11) is -3.88. The van der Waals surface area contributed by atoms with Crippen molar-refractivity contribution in [2.75, 3.05) is 31.1 Å². The molecule has 0 atom stereocenters. The second kappa shape index (κ2) is 8.94. The monoisotopic (exact) mass is 482 g/mol. The van der Waals surface area contributed by atoms with Crippen LogP contribution in [-0.4, -0.2) is 55.2 Å². The van der Waals surface area contributed by atoms with Crippen molar-refractivity contribution in [3.63, 3.8) is 0 Å². The smallest absolute Gasteiger partial charge is 0.406 e. The highest BCUT2D eigenvalue weighted by molar-refractivity contribution is 7.89. The number of ether oxygens (including phenoxy) is 1. The molecule has 0 saturated carbocycles. The van der Waals surface area contributed by atoms with Crippen LogP contribution in [0.25, 0.3) is 11.3 Å². The average Bonchev–Trinajstić information content (AvgIpc) is 2.79. The van der Waals surface area contributed by atoms with Crippen LogP contribution in [0.1, 0.15) is 0 Å². The molecule has 2 heterocycles. The zero-order valence-electron chi connectivity index (χ0n) is 17.0. The Morgan fingerprint density at radius 3 is 2.12 bits per heavy atom. The van der Waals surface area contributed by atoms with Gasteiger partial charge in [-0.2, -0.15) is 4.31 Å². The summed E-state index contributed by atoms with van der Waals surface area (Å²) in [5.41, 5.74) is 1.33. The van der Waals surface area contributed by atoms with Crippen molar-refractivity contribution in [2.45, 2.75) is 11.3 Å². The van der Waals surface area contributed by atoms with Gasteiger partial charge in [0.15, 0.2) is 0 Å². The minimum Gasteiger partial charge on any atom is -0.406 e. The minimum absolute atomic E-state index is 0.119. The molecule has 0 amide bonds. The van der Waals surface area contributed by atoms with Crippen molar-refractivity contribution in [3.8, 4) is 17.0 Å². The van der Waals surface area contributed by atoms with Crippen molar-refractivity contribution in [3.05, 3.63) is 66.7 Å². The predicted octanol–water partition coefficient (Wildman–Crippen LogP) is 3.69. The van der Waals surface area contributed by atoms with Gasteiger partial charge in [-0.1, -0.05) is 0 Å². The number of halogens is 4. The zero-order valence-corrected chi connectivity index (χ0v) is 17.9. The zero-order chi connectivity index (χ0) is 23.6. The van der Waals surface area contributed by atoms with Gasteiger partial charge in [-0.25, -0.2) is 22.8 Å². The van der Waals surface area contributed by atoms with E-state index >= 15 is 0 Å². The van der Waals surface area contributed by atoms with Crippen LogP contribution in [0.2, 0.25) is 0 Å². The summed E-state index contributed by atoms with van der Waals surface area (Å²) in [6.45, 7) is 1.04. The normalized spacial score (nSPS) is 15.5. The Bertz CT molecular complexity index is 1210. The van der Waals surface area contributed by atoms with Crippen LogP contribution in [0, 0.1) is 5.82 Å². The molecule has 1 aliphatic heterocycles. The van der Waals surface area contributed by atoms with E-state index in [1.165, 1.54) is 22.8 Å². The van der Waals surface area contributed by atoms with Crippen LogP contribution in [0.4, 0.5) is 23.4 Å². The summed E-state index contributed by atoms with van der Waals surface area (Å²) in [4.78, 5) is 10.3. The molecule has 1 aliphatic rings. The molecule has 0 unspecified atom stereocenters. The van der Waals surface area contributed by atoms with Gasteiger partial charge < -0.3 is 9.64 Å².